The van der Waals surface area contributed by atoms with Crippen molar-refractivity contribution in [1.82, 2.24) is 0 Å². The van der Waals surface area contributed by atoms with Gasteiger partial charge in [-0.1, -0.05) is 23.3 Å². The minimum absolute atomic E-state index is 0.295. The van der Waals surface area contributed by atoms with Crippen LogP contribution in [0.15, 0.2) is 29.8 Å². The summed E-state index contributed by atoms with van der Waals surface area (Å²) >= 11 is 5.83. The summed E-state index contributed by atoms with van der Waals surface area (Å²) in [6, 6.07) is 4.47. The van der Waals surface area contributed by atoms with Crippen molar-refractivity contribution in [3.05, 3.63) is 46.3 Å². The molecule has 98 valence electrons. The van der Waals surface area contributed by atoms with E-state index < -0.39 is 6.10 Å². The first-order chi connectivity index (χ1) is 8.65. The van der Waals surface area contributed by atoms with E-state index in [2.05, 4.69) is 6.08 Å². The number of hydrogen-bond acceptors (Lipinski definition) is 1. The molecule has 0 fully saturated rings. The van der Waals surface area contributed by atoms with E-state index in [0.717, 1.165) is 12.8 Å². The quantitative estimate of drug-likeness (QED) is 0.809. The molecule has 2 rings (SSSR count). The van der Waals surface area contributed by atoms with Crippen LogP contribution >= 0.6 is 11.6 Å². The molecule has 1 aliphatic carbocycles. The minimum Gasteiger partial charge on any atom is -0.392 e. The largest absolute Gasteiger partial charge is 0.392 e. The van der Waals surface area contributed by atoms with Gasteiger partial charge in [-0.3, -0.25) is 0 Å². The zero-order chi connectivity index (χ0) is 13.0. The zero-order valence-electron chi connectivity index (χ0n) is 10.3. The highest BCUT2D eigenvalue weighted by molar-refractivity contribution is 6.30. The highest BCUT2D eigenvalue weighted by Gasteiger charge is 2.13. The van der Waals surface area contributed by atoms with E-state index in [-0.39, 0.29) is 5.82 Å². The van der Waals surface area contributed by atoms with Crippen LogP contribution in [0.2, 0.25) is 5.02 Å². The number of benzene rings is 1. The molecule has 0 aromatic heterocycles. The maximum absolute atomic E-state index is 13.5. The van der Waals surface area contributed by atoms with Gasteiger partial charge in [0.25, 0.3) is 0 Å². The molecule has 0 saturated carbocycles. The molecule has 0 bridgehead atoms. The van der Waals surface area contributed by atoms with E-state index in [1.807, 2.05) is 0 Å². The molecule has 0 radical (unpaired) electrons. The molecule has 18 heavy (non-hydrogen) atoms. The van der Waals surface area contributed by atoms with E-state index in [9.17, 15) is 9.50 Å². The average molecular weight is 269 g/mol. The highest BCUT2D eigenvalue weighted by atomic mass is 35.5. The number of aliphatic hydroxyl groups is 1. The monoisotopic (exact) mass is 268 g/mol. The smallest absolute Gasteiger partial charge is 0.126 e. The van der Waals surface area contributed by atoms with Crippen molar-refractivity contribution in [3.63, 3.8) is 0 Å². The maximum Gasteiger partial charge on any atom is 0.126 e. The average Bonchev–Trinajstić information content (AvgIpc) is 2.35. The van der Waals surface area contributed by atoms with Gasteiger partial charge in [-0.15, -0.1) is 0 Å². The third kappa shape index (κ3) is 3.82. The molecular formula is C15H18ClFO. The lowest BCUT2D eigenvalue weighted by Gasteiger charge is -2.17. The Hall–Kier alpha value is -0.860. The summed E-state index contributed by atoms with van der Waals surface area (Å²) in [7, 11) is 0. The first-order valence-electron chi connectivity index (χ1n) is 6.45. The second-order valence-corrected chi connectivity index (χ2v) is 5.34. The fourth-order valence-electron chi connectivity index (χ4n) is 2.42. The molecule has 1 unspecified atom stereocenters. The molecule has 1 atom stereocenters. The topological polar surface area (TPSA) is 20.2 Å². The Morgan fingerprint density at radius 1 is 1.28 bits per heavy atom. The van der Waals surface area contributed by atoms with Gasteiger partial charge in [0.15, 0.2) is 0 Å². The van der Waals surface area contributed by atoms with Crippen molar-refractivity contribution < 1.29 is 9.50 Å². The maximum atomic E-state index is 13.5. The lowest BCUT2D eigenvalue weighted by atomic mass is 9.93. The predicted molar refractivity (Wildman–Crippen MR) is 72.3 cm³/mol. The molecule has 0 amide bonds. The molecule has 3 heteroatoms. The van der Waals surface area contributed by atoms with Crippen LogP contribution in [0.25, 0.3) is 0 Å². The summed E-state index contributed by atoms with van der Waals surface area (Å²) in [4.78, 5) is 0. The van der Waals surface area contributed by atoms with Gasteiger partial charge in [0, 0.05) is 11.4 Å². The fourth-order valence-corrected chi connectivity index (χ4v) is 2.61. The van der Waals surface area contributed by atoms with Crippen LogP contribution in [0.1, 0.15) is 37.7 Å². The second-order valence-electron chi connectivity index (χ2n) is 4.91. The lowest BCUT2D eigenvalue weighted by Crippen LogP contribution is -2.13. The van der Waals surface area contributed by atoms with Gasteiger partial charge in [-0.2, -0.15) is 0 Å². The van der Waals surface area contributed by atoms with E-state index in [4.69, 9.17) is 11.6 Å². The van der Waals surface area contributed by atoms with Gasteiger partial charge < -0.3 is 5.11 Å². The Kier molecular flexibility index (Phi) is 4.79. The number of allylic oxidation sites excluding steroid dienone is 1. The predicted octanol–water partition coefficient (Wildman–Crippen LogP) is 4.27. The SMILES string of the molecule is OC(CC1=CCCCC1)Cc1cc(Cl)ccc1F. The van der Waals surface area contributed by atoms with E-state index >= 15 is 0 Å². The summed E-state index contributed by atoms with van der Waals surface area (Å²) < 4.78 is 13.5. The molecule has 0 saturated heterocycles. The Morgan fingerprint density at radius 3 is 2.83 bits per heavy atom. The van der Waals surface area contributed by atoms with Gasteiger partial charge >= 0.3 is 0 Å². The Bertz CT molecular complexity index is 442. The number of aliphatic hydroxyl groups excluding tert-OH is 1. The van der Waals surface area contributed by atoms with Crippen molar-refractivity contribution in [3.8, 4) is 0 Å². The Labute approximate surface area is 112 Å². The second kappa shape index (κ2) is 6.35. The molecule has 0 heterocycles. The van der Waals surface area contributed by atoms with Crippen molar-refractivity contribution in [2.24, 2.45) is 0 Å². The van der Waals surface area contributed by atoms with Crippen LogP contribution in [-0.4, -0.2) is 11.2 Å². The van der Waals surface area contributed by atoms with Gasteiger partial charge in [0.05, 0.1) is 6.10 Å². The Balaban J connectivity index is 1.96. The molecular weight excluding hydrogens is 251 g/mol. The Morgan fingerprint density at radius 2 is 2.11 bits per heavy atom. The molecule has 0 spiro atoms. The van der Waals surface area contributed by atoms with Gasteiger partial charge in [0.2, 0.25) is 0 Å². The van der Waals surface area contributed by atoms with Crippen LogP contribution in [0.5, 0.6) is 0 Å². The molecule has 1 aliphatic rings. The van der Waals surface area contributed by atoms with E-state index in [0.29, 0.717) is 23.4 Å². The minimum atomic E-state index is -0.526. The zero-order valence-corrected chi connectivity index (χ0v) is 11.1. The van der Waals surface area contributed by atoms with Crippen LogP contribution in [0.3, 0.4) is 0 Å². The summed E-state index contributed by atoms with van der Waals surface area (Å²) in [5, 5.41) is 10.5. The van der Waals surface area contributed by atoms with Crippen molar-refractivity contribution in [1.29, 1.82) is 0 Å². The van der Waals surface area contributed by atoms with Gasteiger partial charge in [-0.25, -0.2) is 4.39 Å². The first-order valence-corrected chi connectivity index (χ1v) is 6.83. The molecule has 1 aromatic rings. The van der Waals surface area contributed by atoms with E-state index in [1.165, 1.54) is 30.5 Å². The molecule has 0 aliphatic heterocycles. The normalized spacial score (nSPS) is 17.4. The van der Waals surface area contributed by atoms with E-state index in [1.54, 1.807) is 6.07 Å². The van der Waals surface area contributed by atoms with Crippen LogP contribution in [0, 0.1) is 5.82 Å². The van der Waals surface area contributed by atoms with Crippen LogP contribution < -0.4 is 0 Å². The van der Waals surface area contributed by atoms with Crippen molar-refractivity contribution in [2.75, 3.05) is 0 Å². The molecule has 1 aromatic carbocycles. The van der Waals surface area contributed by atoms with Crippen molar-refractivity contribution >= 4 is 11.6 Å². The summed E-state index contributed by atoms with van der Waals surface area (Å²) in [6.07, 6.45) is 7.26. The van der Waals surface area contributed by atoms with Crippen LogP contribution in [0.4, 0.5) is 4.39 Å². The summed E-state index contributed by atoms with van der Waals surface area (Å²) in [6.45, 7) is 0. The lowest BCUT2D eigenvalue weighted by molar-refractivity contribution is 0.172. The number of rotatable bonds is 4. The summed E-state index contributed by atoms with van der Waals surface area (Å²) in [5.74, 6) is -0.295. The molecule has 1 nitrogen and oxygen atoms in total. The highest BCUT2D eigenvalue weighted by Crippen LogP contribution is 2.23. The number of hydrogen-bond donors (Lipinski definition) is 1. The molecule has 1 N–H and O–H groups in total. The third-order valence-corrected chi connectivity index (χ3v) is 3.58. The standard InChI is InChI=1S/C15H18ClFO/c16-13-6-7-15(17)12(9-13)10-14(18)8-11-4-2-1-3-5-11/h4,6-7,9,14,18H,1-3,5,8,10H2. The van der Waals surface area contributed by atoms with Gasteiger partial charge in [-0.05, 0) is 55.9 Å². The summed E-state index contributed by atoms with van der Waals surface area (Å²) in [5.41, 5.74) is 1.79. The third-order valence-electron chi connectivity index (χ3n) is 3.35. The fraction of sp³-hybridized carbons (Fsp3) is 0.467. The number of halogens is 2. The van der Waals surface area contributed by atoms with Crippen molar-refractivity contribution in [2.45, 2.75) is 44.6 Å². The first kappa shape index (κ1) is 13.6. The van der Waals surface area contributed by atoms with Gasteiger partial charge in [0.1, 0.15) is 5.82 Å². The van der Waals surface area contributed by atoms with Crippen LogP contribution in [-0.2, 0) is 6.42 Å².